The zero-order valence-electron chi connectivity index (χ0n) is 12.2. The molecule has 0 bridgehead atoms. The van der Waals surface area contributed by atoms with E-state index in [1.54, 1.807) is 11.4 Å². The van der Waals surface area contributed by atoms with E-state index in [1.165, 1.54) is 4.31 Å². The zero-order valence-corrected chi connectivity index (χ0v) is 14.6. The molecule has 2 N–H and O–H groups in total. The van der Waals surface area contributed by atoms with E-state index in [2.05, 4.69) is 15.9 Å². The summed E-state index contributed by atoms with van der Waals surface area (Å²) in [5, 5.41) is 0. The molecule has 0 aliphatic carbocycles. The third kappa shape index (κ3) is 4.26. The predicted octanol–water partition coefficient (Wildman–Crippen LogP) is 1.80. The van der Waals surface area contributed by atoms with Crippen molar-refractivity contribution in [2.75, 3.05) is 26.7 Å². The van der Waals surface area contributed by atoms with E-state index in [9.17, 15) is 8.42 Å². The van der Waals surface area contributed by atoms with Crippen molar-refractivity contribution in [3.05, 3.63) is 34.3 Å². The molecule has 118 valence electrons. The van der Waals surface area contributed by atoms with Crippen molar-refractivity contribution < 1.29 is 8.42 Å². The van der Waals surface area contributed by atoms with Crippen molar-refractivity contribution in [2.45, 2.75) is 19.4 Å². The Morgan fingerprint density at radius 3 is 2.62 bits per heavy atom. The summed E-state index contributed by atoms with van der Waals surface area (Å²) in [5.74, 6) is 0.451. The molecular formula is C14H22BrN3O2S. The fraction of sp³-hybridized carbons (Fsp3) is 0.571. The number of piperidine rings is 1. The van der Waals surface area contributed by atoms with Gasteiger partial charge >= 0.3 is 0 Å². The van der Waals surface area contributed by atoms with E-state index in [-0.39, 0.29) is 0 Å². The van der Waals surface area contributed by atoms with Gasteiger partial charge in [-0.3, -0.25) is 0 Å². The van der Waals surface area contributed by atoms with Crippen LogP contribution in [0.4, 0.5) is 0 Å². The van der Waals surface area contributed by atoms with Gasteiger partial charge in [0.25, 0.3) is 10.2 Å². The molecule has 1 aliphatic rings. The number of hydrogen-bond donors (Lipinski definition) is 1. The van der Waals surface area contributed by atoms with Crippen LogP contribution < -0.4 is 5.73 Å². The summed E-state index contributed by atoms with van der Waals surface area (Å²) in [6, 6.07) is 7.70. The molecule has 2 rings (SSSR count). The van der Waals surface area contributed by atoms with Crippen molar-refractivity contribution in [3.8, 4) is 0 Å². The Kier molecular flexibility index (Phi) is 5.79. The Morgan fingerprint density at radius 1 is 1.38 bits per heavy atom. The molecule has 1 saturated heterocycles. The van der Waals surface area contributed by atoms with Crippen LogP contribution in [0.3, 0.4) is 0 Å². The molecule has 0 unspecified atom stereocenters. The number of rotatable bonds is 5. The van der Waals surface area contributed by atoms with Crippen LogP contribution in [-0.4, -0.2) is 43.7 Å². The molecule has 0 saturated carbocycles. The number of hydrogen-bond acceptors (Lipinski definition) is 3. The number of benzene rings is 1. The average molecular weight is 376 g/mol. The summed E-state index contributed by atoms with van der Waals surface area (Å²) in [6.45, 7) is 2.14. The second kappa shape index (κ2) is 7.19. The fourth-order valence-corrected chi connectivity index (χ4v) is 4.37. The maximum absolute atomic E-state index is 12.6. The molecular weight excluding hydrogens is 354 g/mol. The SMILES string of the molecule is CN(Cc1cccc(Br)c1)S(=O)(=O)N1CCC(CN)CC1. The van der Waals surface area contributed by atoms with Gasteiger partial charge < -0.3 is 5.73 Å². The first-order valence-electron chi connectivity index (χ1n) is 7.09. The third-order valence-electron chi connectivity index (χ3n) is 3.92. The first-order chi connectivity index (χ1) is 9.93. The maximum Gasteiger partial charge on any atom is 0.282 e. The van der Waals surface area contributed by atoms with Gasteiger partial charge in [-0.1, -0.05) is 28.1 Å². The van der Waals surface area contributed by atoms with Crippen LogP contribution in [0.25, 0.3) is 0 Å². The quantitative estimate of drug-likeness (QED) is 0.852. The van der Waals surface area contributed by atoms with Crippen molar-refractivity contribution in [2.24, 2.45) is 11.7 Å². The summed E-state index contributed by atoms with van der Waals surface area (Å²) in [4.78, 5) is 0. The number of nitrogens with zero attached hydrogens (tertiary/aromatic N) is 2. The molecule has 5 nitrogen and oxygen atoms in total. The molecule has 0 amide bonds. The highest BCUT2D eigenvalue weighted by Crippen LogP contribution is 2.21. The van der Waals surface area contributed by atoms with Crippen molar-refractivity contribution in [3.63, 3.8) is 0 Å². The van der Waals surface area contributed by atoms with Gasteiger partial charge in [0.15, 0.2) is 0 Å². The highest BCUT2D eigenvalue weighted by Gasteiger charge is 2.30. The van der Waals surface area contributed by atoms with Gasteiger partial charge in [-0.05, 0) is 43.0 Å². The molecule has 0 atom stereocenters. The minimum Gasteiger partial charge on any atom is -0.330 e. The van der Waals surface area contributed by atoms with Crippen LogP contribution in [-0.2, 0) is 16.8 Å². The molecule has 0 aromatic heterocycles. The van der Waals surface area contributed by atoms with Crippen LogP contribution in [0, 0.1) is 5.92 Å². The molecule has 1 heterocycles. The fourth-order valence-electron chi connectivity index (χ4n) is 2.55. The Bertz CT molecular complexity index is 571. The zero-order chi connectivity index (χ0) is 15.5. The second-order valence-electron chi connectivity index (χ2n) is 5.47. The number of nitrogens with two attached hydrogens (primary N) is 1. The largest absolute Gasteiger partial charge is 0.330 e. The van der Waals surface area contributed by atoms with Crippen molar-refractivity contribution >= 4 is 26.1 Å². The summed E-state index contributed by atoms with van der Waals surface area (Å²) in [7, 11) is -1.76. The topological polar surface area (TPSA) is 66.6 Å². The predicted molar refractivity (Wildman–Crippen MR) is 87.9 cm³/mol. The lowest BCUT2D eigenvalue weighted by atomic mass is 9.99. The molecule has 0 spiro atoms. The highest BCUT2D eigenvalue weighted by molar-refractivity contribution is 9.10. The lowest BCUT2D eigenvalue weighted by molar-refractivity contribution is 0.262. The third-order valence-corrected chi connectivity index (χ3v) is 6.35. The van der Waals surface area contributed by atoms with Gasteiger partial charge in [-0.25, -0.2) is 0 Å². The number of halogens is 1. The molecule has 7 heteroatoms. The molecule has 1 fully saturated rings. The first-order valence-corrected chi connectivity index (χ1v) is 9.28. The smallest absolute Gasteiger partial charge is 0.282 e. The van der Waals surface area contributed by atoms with E-state index in [1.807, 2.05) is 24.3 Å². The summed E-state index contributed by atoms with van der Waals surface area (Å²) >= 11 is 3.40. The van der Waals surface area contributed by atoms with Gasteiger partial charge in [0.1, 0.15) is 0 Å². The minimum absolute atomic E-state index is 0.374. The van der Waals surface area contributed by atoms with E-state index >= 15 is 0 Å². The van der Waals surface area contributed by atoms with E-state index in [4.69, 9.17) is 5.73 Å². The van der Waals surface area contributed by atoms with Gasteiger partial charge in [0, 0.05) is 31.2 Å². The summed E-state index contributed by atoms with van der Waals surface area (Å²) < 4.78 is 29.1. The van der Waals surface area contributed by atoms with E-state index < -0.39 is 10.2 Å². The first kappa shape index (κ1) is 16.9. The second-order valence-corrected chi connectivity index (χ2v) is 8.42. The maximum atomic E-state index is 12.6. The Labute approximate surface area is 135 Å². The molecule has 1 aliphatic heterocycles. The van der Waals surface area contributed by atoms with Crippen molar-refractivity contribution in [1.82, 2.24) is 8.61 Å². The van der Waals surface area contributed by atoms with E-state index in [0.29, 0.717) is 32.1 Å². The van der Waals surface area contributed by atoms with Gasteiger partial charge in [-0.15, -0.1) is 0 Å². The summed E-state index contributed by atoms with van der Waals surface area (Å²) in [5.41, 5.74) is 6.62. The lowest BCUT2D eigenvalue weighted by Gasteiger charge is -2.33. The van der Waals surface area contributed by atoms with Crippen molar-refractivity contribution in [1.29, 1.82) is 0 Å². The van der Waals surface area contributed by atoms with Gasteiger partial charge in [0.2, 0.25) is 0 Å². The van der Waals surface area contributed by atoms with Crippen LogP contribution in [0.5, 0.6) is 0 Å². The monoisotopic (exact) mass is 375 g/mol. The minimum atomic E-state index is -3.39. The Morgan fingerprint density at radius 2 is 2.05 bits per heavy atom. The van der Waals surface area contributed by atoms with Gasteiger partial charge in [-0.2, -0.15) is 17.0 Å². The standard InChI is InChI=1S/C14H22BrN3O2S/c1-17(11-13-3-2-4-14(15)9-13)21(19,20)18-7-5-12(10-16)6-8-18/h2-4,9,12H,5-8,10-11,16H2,1H3. The average Bonchev–Trinajstić information content (AvgIpc) is 2.47. The lowest BCUT2D eigenvalue weighted by Crippen LogP contribution is -2.46. The van der Waals surface area contributed by atoms with Crippen LogP contribution in [0.1, 0.15) is 18.4 Å². The van der Waals surface area contributed by atoms with Crippen LogP contribution in [0.15, 0.2) is 28.7 Å². The van der Waals surface area contributed by atoms with Gasteiger partial charge in [0.05, 0.1) is 0 Å². The Hall–Kier alpha value is -0.470. The highest BCUT2D eigenvalue weighted by atomic mass is 79.9. The normalized spacial score (nSPS) is 18.3. The van der Waals surface area contributed by atoms with Crippen LogP contribution in [0.2, 0.25) is 0 Å². The summed E-state index contributed by atoms with van der Waals surface area (Å²) in [6.07, 6.45) is 1.70. The Balaban J connectivity index is 2.02. The molecule has 21 heavy (non-hydrogen) atoms. The van der Waals surface area contributed by atoms with Crippen LogP contribution >= 0.6 is 15.9 Å². The molecule has 1 aromatic carbocycles. The molecule has 1 aromatic rings. The molecule has 0 radical (unpaired) electrons. The van der Waals surface area contributed by atoms with E-state index in [0.717, 1.165) is 22.9 Å².